The molecule has 1 aliphatic heterocycles. The van der Waals surface area contributed by atoms with Gasteiger partial charge in [0.2, 0.25) is 0 Å². The highest BCUT2D eigenvalue weighted by Gasteiger charge is 2.51. The molecule has 6 nitrogen and oxygen atoms in total. The zero-order valence-electron chi connectivity index (χ0n) is 16.9. The van der Waals surface area contributed by atoms with Crippen LogP contribution >= 0.6 is 11.6 Å². The number of benzene rings is 1. The first-order valence-electron chi connectivity index (χ1n) is 9.63. The van der Waals surface area contributed by atoms with Gasteiger partial charge in [-0.05, 0) is 37.8 Å². The van der Waals surface area contributed by atoms with Crippen LogP contribution in [0, 0.1) is 17.8 Å². The van der Waals surface area contributed by atoms with Crippen molar-refractivity contribution in [1.29, 1.82) is 0 Å². The summed E-state index contributed by atoms with van der Waals surface area (Å²) in [6.45, 7) is 5.49. The summed E-state index contributed by atoms with van der Waals surface area (Å²) in [7, 11) is 1.27. The van der Waals surface area contributed by atoms with Crippen molar-refractivity contribution in [3.8, 4) is 0 Å². The molecule has 1 aliphatic carbocycles. The Labute approximate surface area is 174 Å². The van der Waals surface area contributed by atoms with Crippen LogP contribution in [0.15, 0.2) is 40.5 Å². The van der Waals surface area contributed by atoms with E-state index >= 15 is 0 Å². The number of fused-ring (bicyclic) bond motifs is 1. The van der Waals surface area contributed by atoms with Crippen LogP contribution in [-0.2, 0) is 23.9 Å². The van der Waals surface area contributed by atoms with Gasteiger partial charge >= 0.3 is 11.9 Å². The predicted octanol–water partition coefficient (Wildman–Crippen LogP) is 3.73. The highest BCUT2D eigenvalue weighted by molar-refractivity contribution is 6.31. The third-order valence-corrected chi connectivity index (χ3v) is 5.95. The van der Waals surface area contributed by atoms with Crippen molar-refractivity contribution in [2.75, 3.05) is 13.7 Å². The van der Waals surface area contributed by atoms with E-state index < -0.39 is 29.7 Å². The predicted molar refractivity (Wildman–Crippen MR) is 109 cm³/mol. The maximum atomic E-state index is 13.5. The van der Waals surface area contributed by atoms with Gasteiger partial charge in [-0.1, -0.05) is 36.7 Å². The molecule has 0 unspecified atom stereocenters. The van der Waals surface area contributed by atoms with Gasteiger partial charge in [0, 0.05) is 22.3 Å². The molecule has 3 rings (SSSR count). The second-order valence-electron chi connectivity index (χ2n) is 7.38. The monoisotopic (exact) mass is 417 g/mol. The SMILES string of the molecule is CCOC(=O)C1=C(C)N=C2C[C@@H](C)[C@@H](C(=O)OC)C(=O)[C@@H]2[C@@H]1c1ccccc1Cl. The van der Waals surface area contributed by atoms with Gasteiger partial charge in [-0.3, -0.25) is 14.6 Å². The number of rotatable bonds is 4. The van der Waals surface area contributed by atoms with Crippen molar-refractivity contribution in [2.24, 2.45) is 22.7 Å². The van der Waals surface area contributed by atoms with Crippen LogP contribution in [0.3, 0.4) is 0 Å². The minimum absolute atomic E-state index is 0.196. The molecule has 154 valence electrons. The number of Topliss-reactive ketones (excluding diaryl/α,β-unsaturated/α-hetero) is 1. The van der Waals surface area contributed by atoms with Crippen LogP contribution < -0.4 is 0 Å². The molecule has 0 N–H and O–H groups in total. The van der Waals surface area contributed by atoms with Gasteiger partial charge in [-0.25, -0.2) is 4.79 Å². The standard InChI is InChI=1S/C22H24ClNO5/c1-5-29-22(27)17-12(3)24-15-10-11(2)16(21(26)28-4)20(25)19(15)18(17)13-8-6-7-9-14(13)23/h6-9,11,16,18-19H,5,10H2,1-4H3/t11-,16-,18-,19+/m1/s1. The number of nitrogens with zero attached hydrogens (tertiary/aromatic N) is 1. The van der Waals surface area contributed by atoms with E-state index in [-0.39, 0.29) is 18.3 Å². The first kappa shape index (κ1) is 21.2. The van der Waals surface area contributed by atoms with Gasteiger partial charge < -0.3 is 9.47 Å². The summed E-state index contributed by atoms with van der Waals surface area (Å²) in [6, 6.07) is 7.10. The highest BCUT2D eigenvalue weighted by Crippen LogP contribution is 2.47. The Bertz CT molecular complexity index is 920. The Hall–Kier alpha value is -2.47. The third kappa shape index (κ3) is 3.73. The smallest absolute Gasteiger partial charge is 0.336 e. The Morgan fingerprint density at radius 3 is 2.55 bits per heavy atom. The normalized spacial score (nSPS) is 26.5. The van der Waals surface area contributed by atoms with Crippen LogP contribution in [0.1, 0.15) is 38.7 Å². The van der Waals surface area contributed by atoms with Gasteiger partial charge in [-0.15, -0.1) is 0 Å². The van der Waals surface area contributed by atoms with Crippen LogP contribution in [0.4, 0.5) is 0 Å². The molecule has 1 fully saturated rings. The third-order valence-electron chi connectivity index (χ3n) is 5.61. The first-order valence-corrected chi connectivity index (χ1v) is 10.0. The molecule has 0 saturated heterocycles. The molecule has 1 saturated carbocycles. The summed E-state index contributed by atoms with van der Waals surface area (Å²) >= 11 is 6.47. The molecular formula is C22H24ClNO5. The van der Waals surface area contributed by atoms with Crippen molar-refractivity contribution < 1.29 is 23.9 Å². The van der Waals surface area contributed by atoms with Crippen LogP contribution in [0.5, 0.6) is 0 Å². The molecule has 29 heavy (non-hydrogen) atoms. The van der Waals surface area contributed by atoms with Gasteiger partial charge in [-0.2, -0.15) is 0 Å². The molecule has 0 aromatic heterocycles. The molecule has 1 aromatic rings. The van der Waals surface area contributed by atoms with E-state index in [9.17, 15) is 14.4 Å². The summed E-state index contributed by atoms with van der Waals surface area (Å²) < 4.78 is 10.1. The molecule has 0 bridgehead atoms. The number of methoxy groups -OCH3 is 1. The zero-order valence-corrected chi connectivity index (χ0v) is 17.7. The molecule has 2 aliphatic rings. The summed E-state index contributed by atoms with van der Waals surface area (Å²) in [5, 5.41) is 0.439. The Kier molecular flexibility index (Phi) is 6.22. The maximum absolute atomic E-state index is 13.5. The van der Waals surface area contributed by atoms with E-state index in [0.717, 1.165) is 0 Å². The lowest BCUT2D eigenvalue weighted by molar-refractivity contribution is -0.152. The summed E-state index contributed by atoms with van der Waals surface area (Å²) in [5.74, 6) is -3.97. The number of allylic oxidation sites excluding steroid dienone is 1. The van der Waals surface area contributed by atoms with Crippen LogP contribution in [0.25, 0.3) is 0 Å². The Morgan fingerprint density at radius 2 is 1.93 bits per heavy atom. The van der Waals surface area contributed by atoms with Crippen molar-refractivity contribution >= 4 is 35.0 Å². The fourth-order valence-electron chi connectivity index (χ4n) is 4.37. The molecule has 0 radical (unpaired) electrons. The first-order chi connectivity index (χ1) is 13.8. The van der Waals surface area contributed by atoms with Gasteiger partial charge in [0.15, 0.2) is 5.78 Å². The van der Waals surface area contributed by atoms with E-state index in [1.54, 1.807) is 38.1 Å². The molecule has 0 spiro atoms. The maximum Gasteiger partial charge on any atom is 0.336 e. The highest BCUT2D eigenvalue weighted by atomic mass is 35.5. The number of ether oxygens (including phenoxy) is 2. The summed E-state index contributed by atoms with van der Waals surface area (Å²) in [6.07, 6.45) is 0.463. The van der Waals surface area contributed by atoms with Crippen molar-refractivity contribution in [1.82, 2.24) is 0 Å². The van der Waals surface area contributed by atoms with Crippen LogP contribution in [0.2, 0.25) is 5.02 Å². The lowest BCUT2D eigenvalue weighted by Crippen LogP contribution is -2.48. The molecule has 1 heterocycles. The fraction of sp³-hybridized carbons (Fsp3) is 0.455. The molecular weight excluding hydrogens is 394 g/mol. The van der Waals surface area contributed by atoms with Crippen molar-refractivity contribution in [3.05, 3.63) is 46.1 Å². The summed E-state index contributed by atoms with van der Waals surface area (Å²) in [4.78, 5) is 43.3. The minimum atomic E-state index is -0.907. The minimum Gasteiger partial charge on any atom is -0.468 e. The van der Waals surface area contributed by atoms with E-state index in [4.69, 9.17) is 21.1 Å². The van der Waals surface area contributed by atoms with Gasteiger partial charge in [0.1, 0.15) is 5.92 Å². The second-order valence-corrected chi connectivity index (χ2v) is 7.79. The fourth-order valence-corrected chi connectivity index (χ4v) is 4.63. The van der Waals surface area contributed by atoms with E-state index in [1.807, 2.05) is 6.92 Å². The Morgan fingerprint density at radius 1 is 1.24 bits per heavy atom. The number of aliphatic imine (C=N–C) groups is 1. The average molecular weight is 418 g/mol. The zero-order chi connectivity index (χ0) is 21.3. The quantitative estimate of drug-likeness (QED) is 0.550. The molecule has 0 amide bonds. The summed E-state index contributed by atoms with van der Waals surface area (Å²) in [5.41, 5.74) is 2.12. The molecule has 7 heteroatoms. The number of ketones is 1. The number of hydrogen-bond acceptors (Lipinski definition) is 6. The number of esters is 2. The lowest BCUT2D eigenvalue weighted by atomic mass is 9.63. The van der Waals surface area contributed by atoms with Gasteiger partial charge in [0.25, 0.3) is 0 Å². The number of halogens is 1. The van der Waals surface area contributed by atoms with E-state index in [2.05, 4.69) is 4.99 Å². The van der Waals surface area contributed by atoms with E-state index in [1.165, 1.54) is 7.11 Å². The average Bonchev–Trinajstić information content (AvgIpc) is 2.67. The topological polar surface area (TPSA) is 82.0 Å². The largest absolute Gasteiger partial charge is 0.468 e. The Balaban J connectivity index is 2.20. The number of carbonyl (C=O) groups excluding carboxylic acids is 3. The van der Waals surface area contributed by atoms with Crippen molar-refractivity contribution in [3.63, 3.8) is 0 Å². The molecule has 1 aromatic carbocycles. The molecule has 4 atom stereocenters. The number of carbonyl (C=O) groups is 3. The second kappa shape index (κ2) is 8.49. The van der Waals surface area contributed by atoms with Gasteiger partial charge in [0.05, 0.1) is 25.2 Å². The number of hydrogen-bond donors (Lipinski definition) is 0. The van der Waals surface area contributed by atoms with E-state index in [0.29, 0.717) is 34.0 Å². The van der Waals surface area contributed by atoms with Crippen LogP contribution in [-0.4, -0.2) is 37.2 Å². The van der Waals surface area contributed by atoms with Crippen molar-refractivity contribution in [2.45, 2.75) is 33.1 Å². The lowest BCUT2D eigenvalue weighted by Gasteiger charge is -2.40.